The molecule has 1 rings (SSSR count). The number of methoxy groups -OCH3 is 1. The summed E-state index contributed by atoms with van der Waals surface area (Å²) >= 11 is 0. The van der Waals surface area contributed by atoms with Gasteiger partial charge in [-0.25, -0.2) is 4.79 Å². The van der Waals surface area contributed by atoms with Crippen LogP contribution in [0.1, 0.15) is 18.5 Å². The number of terminal acetylenes is 1. The number of hydrogen-bond acceptors (Lipinski definition) is 5. The van der Waals surface area contributed by atoms with Gasteiger partial charge in [-0.2, -0.15) is 0 Å². The predicted octanol–water partition coefficient (Wildman–Crippen LogP) is 1.23. The van der Waals surface area contributed by atoms with Gasteiger partial charge < -0.3 is 14.6 Å². The van der Waals surface area contributed by atoms with Gasteiger partial charge in [-0.3, -0.25) is 5.32 Å². The minimum absolute atomic E-state index is 0.0446. The number of esters is 1. The van der Waals surface area contributed by atoms with E-state index >= 15 is 0 Å². The topological polar surface area (TPSA) is 67.8 Å². The second-order valence-corrected chi connectivity index (χ2v) is 3.70. The van der Waals surface area contributed by atoms with Gasteiger partial charge in [-0.1, -0.05) is 12.0 Å². The highest BCUT2D eigenvalue weighted by Gasteiger charge is 2.22. The molecule has 0 saturated heterocycles. The van der Waals surface area contributed by atoms with Gasteiger partial charge in [0.1, 0.15) is 6.04 Å². The second kappa shape index (κ2) is 7.29. The number of hydrogen-bond donors (Lipinski definition) is 2. The van der Waals surface area contributed by atoms with Crippen LogP contribution in [0.4, 0.5) is 0 Å². The van der Waals surface area contributed by atoms with Gasteiger partial charge in [0.2, 0.25) is 0 Å². The van der Waals surface area contributed by atoms with E-state index in [1.165, 1.54) is 13.2 Å². The Morgan fingerprint density at radius 3 is 2.84 bits per heavy atom. The Labute approximate surface area is 112 Å². The Kier molecular flexibility index (Phi) is 5.71. The molecule has 19 heavy (non-hydrogen) atoms. The number of nitrogens with one attached hydrogen (secondary N) is 1. The summed E-state index contributed by atoms with van der Waals surface area (Å²) in [6, 6.07) is 3.98. The molecule has 0 aromatic heterocycles. The van der Waals surface area contributed by atoms with Crippen LogP contribution in [0.2, 0.25) is 0 Å². The summed E-state index contributed by atoms with van der Waals surface area (Å²) in [4.78, 5) is 11.8. The number of ether oxygens (including phenoxy) is 2. The summed E-state index contributed by atoms with van der Waals surface area (Å²) in [6.45, 7) is 2.22. The fraction of sp³-hybridized carbons (Fsp3) is 0.357. The number of rotatable bonds is 6. The summed E-state index contributed by atoms with van der Waals surface area (Å²) in [5.74, 6) is 2.25. The minimum Gasteiger partial charge on any atom is -0.504 e. The first-order chi connectivity index (χ1) is 9.13. The molecule has 5 heteroatoms. The molecule has 0 aliphatic rings. The summed E-state index contributed by atoms with van der Waals surface area (Å²) in [7, 11) is 1.45. The van der Waals surface area contributed by atoms with Crippen molar-refractivity contribution >= 4 is 5.97 Å². The van der Waals surface area contributed by atoms with Gasteiger partial charge in [0, 0.05) is 0 Å². The lowest BCUT2D eigenvalue weighted by Crippen LogP contribution is -2.30. The van der Waals surface area contributed by atoms with Crippen molar-refractivity contribution in [2.45, 2.75) is 13.0 Å². The van der Waals surface area contributed by atoms with Crippen molar-refractivity contribution in [1.82, 2.24) is 5.32 Å². The molecule has 0 spiro atoms. The lowest BCUT2D eigenvalue weighted by Gasteiger charge is -2.17. The van der Waals surface area contributed by atoms with Gasteiger partial charge in [-0.05, 0) is 24.6 Å². The first kappa shape index (κ1) is 14.9. The molecule has 0 aliphatic carbocycles. The van der Waals surface area contributed by atoms with Crippen LogP contribution in [0.25, 0.3) is 0 Å². The lowest BCUT2D eigenvalue weighted by atomic mass is 10.1. The standard InChI is InChI=1S/C14H17NO4/c1-4-8-15-13(14(17)19-5-2)10-6-7-12(18-3)11(16)9-10/h1,6-7,9,13,15-16H,5,8H2,2-3H3. The van der Waals surface area contributed by atoms with E-state index in [1.807, 2.05) is 0 Å². The highest BCUT2D eigenvalue weighted by Crippen LogP contribution is 2.29. The highest BCUT2D eigenvalue weighted by molar-refractivity contribution is 5.78. The van der Waals surface area contributed by atoms with Gasteiger partial charge in [0.25, 0.3) is 0 Å². The summed E-state index contributed by atoms with van der Waals surface area (Å²) in [5, 5.41) is 12.6. The van der Waals surface area contributed by atoms with Crippen molar-refractivity contribution in [2.24, 2.45) is 0 Å². The van der Waals surface area contributed by atoms with Crippen LogP contribution >= 0.6 is 0 Å². The molecule has 0 radical (unpaired) electrons. The van der Waals surface area contributed by atoms with Crippen LogP contribution in [-0.4, -0.2) is 31.3 Å². The Balaban J connectivity index is 3.00. The molecule has 0 heterocycles. The van der Waals surface area contributed by atoms with E-state index in [4.69, 9.17) is 15.9 Å². The molecular weight excluding hydrogens is 246 g/mol. The molecule has 0 fully saturated rings. The molecule has 0 bridgehead atoms. The smallest absolute Gasteiger partial charge is 0.327 e. The van der Waals surface area contributed by atoms with Crippen LogP contribution in [0.15, 0.2) is 18.2 Å². The third kappa shape index (κ3) is 3.90. The zero-order valence-electron chi connectivity index (χ0n) is 11.0. The van der Waals surface area contributed by atoms with Crippen molar-refractivity contribution in [3.8, 4) is 23.8 Å². The van der Waals surface area contributed by atoms with Crippen LogP contribution in [0.5, 0.6) is 11.5 Å². The third-order valence-electron chi connectivity index (χ3n) is 2.47. The normalized spacial score (nSPS) is 11.4. The number of phenolic OH excluding ortho intramolecular Hbond substituents is 1. The van der Waals surface area contributed by atoms with E-state index in [9.17, 15) is 9.90 Å². The van der Waals surface area contributed by atoms with E-state index in [1.54, 1.807) is 19.1 Å². The maximum atomic E-state index is 11.8. The lowest BCUT2D eigenvalue weighted by molar-refractivity contribution is -0.145. The number of carbonyl (C=O) groups is 1. The molecule has 2 N–H and O–H groups in total. The van der Waals surface area contributed by atoms with Crippen molar-refractivity contribution in [2.75, 3.05) is 20.3 Å². The second-order valence-electron chi connectivity index (χ2n) is 3.70. The summed E-state index contributed by atoms with van der Waals surface area (Å²) in [6.07, 6.45) is 5.17. The van der Waals surface area contributed by atoms with Gasteiger partial charge in [-0.15, -0.1) is 6.42 Å². The van der Waals surface area contributed by atoms with Crippen molar-refractivity contribution < 1.29 is 19.4 Å². The maximum Gasteiger partial charge on any atom is 0.327 e. The van der Waals surface area contributed by atoms with Crippen LogP contribution in [-0.2, 0) is 9.53 Å². The summed E-state index contributed by atoms with van der Waals surface area (Å²) in [5.41, 5.74) is 0.562. The molecular formula is C14H17NO4. The van der Waals surface area contributed by atoms with Crippen molar-refractivity contribution in [3.05, 3.63) is 23.8 Å². The maximum absolute atomic E-state index is 11.8. The molecule has 0 saturated carbocycles. The highest BCUT2D eigenvalue weighted by atomic mass is 16.5. The fourth-order valence-electron chi connectivity index (χ4n) is 1.61. The Bertz CT molecular complexity index is 479. The zero-order chi connectivity index (χ0) is 14.3. The largest absolute Gasteiger partial charge is 0.504 e. The average Bonchev–Trinajstić information content (AvgIpc) is 2.39. The van der Waals surface area contributed by atoms with E-state index in [-0.39, 0.29) is 18.9 Å². The Morgan fingerprint density at radius 1 is 1.58 bits per heavy atom. The van der Waals surface area contributed by atoms with Crippen LogP contribution in [0.3, 0.4) is 0 Å². The fourth-order valence-corrected chi connectivity index (χ4v) is 1.61. The van der Waals surface area contributed by atoms with Crippen molar-refractivity contribution in [1.29, 1.82) is 0 Å². The molecule has 5 nitrogen and oxygen atoms in total. The van der Waals surface area contributed by atoms with E-state index in [2.05, 4.69) is 11.2 Å². The van der Waals surface area contributed by atoms with Crippen molar-refractivity contribution in [3.63, 3.8) is 0 Å². The number of phenols is 1. The Morgan fingerprint density at radius 2 is 2.32 bits per heavy atom. The summed E-state index contributed by atoms with van der Waals surface area (Å²) < 4.78 is 9.92. The molecule has 0 amide bonds. The van der Waals surface area contributed by atoms with E-state index in [0.29, 0.717) is 11.3 Å². The Hall–Kier alpha value is -2.19. The van der Waals surface area contributed by atoms with E-state index < -0.39 is 12.0 Å². The molecule has 1 aromatic carbocycles. The third-order valence-corrected chi connectivity index (χ3v) is 2.47. The molecule has 1 unspecified atom stereocenters. The van der Waals surface area contributed by atoms with Gasteiger partial charge in [0.15, 0.2) is 11.5 Å². The first-order valence-electron chi connectivity index (χ1n) is 5.84. The molecule has 1 atom stereocenters. The predicted molar refractivity (Wildman–Crippen MR) is 70.9 cm³/mol. The van der Waals surface area contributed by atoms with Gasteiger partial charge in [0.05, 0.1) is 20.3 Å². The SMILES string of the molecule is C#CCNC(C(=O)OCC)c1ccc(OC)c(O)c1. The monoisotopic (exact) mass is 263 g/mol. The first-order valence-corrected chi connectivity index (χ1v) is 5.84. The van der Waals surface area contributed by atoms with Crippen LogP contribution < -0.4 is 10.1 Å². The minimum atomic E-state index is -0.715. The molecule has 1 aromatic rings. The quantitative estimate of drug-likeness (QED) is 0.597. The number of carbonyl (C=O) groups excluding carboxylic acids is 1. The van der Waals surface area contributed by atoms with E-state index in [0.717, 1.165) is 0 Å². The number of benzene rings is 1. The zero-order valence-corrected chi connectivity index (χ0v) is 11.0. The van der Waals surface area contributed by atoms with Crippen LogP contribution in [0, 0.1) is 12.3 Å². The molecule has 102 valence electrons. The molecule has 0 aliphatic heterocycles. The average molecular weight is 263 g/mol. The number of aromatic hydroxyl groups is 1. The van der Waals surface area contributed by atoms with Gasteiger partial charge >= 0.3 is 5.97 Å².